The number of hydrogen-bond acceptors (Lipinski definition) is 5. The largest absolute Gasteiger partial charge is 0.356 e. The lowest BCUT2D eigenvalue weighted by Crippen LogP contribution is -2.40. The van der Waals surface area contributed by atoms with Crippen molar-refractivity contribution in [3.63, 3.8) is 0 Å². The maximum absolute atomic E-state index is 13.4. The van der Waals surface area contributed by atoms with Crippen LogP contribution in [0.15, 0.2) is 24.4 Å². The van der Waals surface area contributed by atoms with Crippen LogP contribution in [0.4, 0.5) is 14.6 Å². The first kappa shape index (κ1) is 21.4. The number of piperidine rings is 1. The third-order valence-corrected chi connectivity index (χ3v) is 6.37. The fourth-order valence-corrected chi connectivity index (χ4v) is 4.53. The second kappa shape index (κ2) is 7.69. The molecule has 4 rings (SSSR count). The van der Waals surface area contributed by atoms with Crippen molar-refractivity contribution in [2.24, 2.45) is 11.3 Å². The minimum atomic E-state index is -2.61. The second-order valence-electron chi connectivity index (χ2n) is 8.60. The third kappa shape index (κ3) is 3.93. The van der Waals surface area contributed by atoms with E-state index in [-0.39, 0.29) is 37.6 Å². The number of rotatable bonds is 6. The molecule has 31 heavy (non-hydrogen) atoms. The number of carbonyl (C=O) groups excluding carboxylic acids is 2. The summed E-state index contributed by atoms with van der Waals surface area (Å²) >= 11 is 0. The fourth-order valence-electron chi connectivity index (χ4n) is 4.53. The van der Waals surface area contributed by atoms with Gasteiger partial charge in [0.15, 0.2) is 0 Å². The van der Waals surface area contributed by atoms with Gasteiger partial charge in [-0.2, -0.15) is 0 Å². The van der Waals surface area contributed by atoms with Crippen LogP contribution in [0, 0.1) is 23.7 Å². The monoisotopic (exact) mass is 431 g/mol. The average molecular weight is 431 g/mol. The number of amides is 2. The Morgan fingerprint density at radius 1 is 1.32 bits per heavy atom. The molecule has 3 aliphatic rings. The van der Waals surface area contributed by atoms with E-state index in [2.05, 4.69) is 10.3 Å². The highest BCUT2D eigenvalue weighted by Crippen LogP contribution is 2.50. The summed E-state index contributed by atoms with van der Waals surface area (Å²) in [5.41, 5.74) is 0.788. The molecule has 1 spiro atoms. The molecular weight excluding hydrogens is 404 g/mol. The van der Waals surface area contributed by atoms with Gasteiger partial charge in [0.05, 0.1) is 5.41 Å². The van der Waals surface area contributed by atoms with E-state index >= 15 is 0 Å². The first-order valence-electron chi connectivity index (χ1n) is 10.6. The van der Waals surface area contributed by atoms with Crippen molar-refractivity contribution in [2.75, 3.05) is 31.1 Å². The highest BCUT2D eigenvalue weighted by molar-refractivity contribution is 6.39. The molecule has 1 aromatic heterocycles. The molecule has 0 bridgehead atoms. The van der Waals surface area contributed by atoms with Crippen molar-refractivity contribution in [2.45, 2.75) is 39.2 Å². The van der Waals surface area contributed by atoms with Crippen LogP contribution in [-0.2, 0) is 16.1 Å². The lowest BCUT2D eigenvalue weighted by Gasteiger charge is -2.33. The molecule has 1 aromatic rings. The summed E-state index contributed by atoms with van der Waals surface area (Å²) in [6.45, 7) is 5.26. The summed E-state index contributed by atoms with van der Waals surface area (Å²) in [4.78, 5) is 33.2. The normalized spacial score (nSPS) is 23.4. The number of aryl methyl sites for hydroxylation is 1. The number of anilines is 1. The molecule has 2 saturated heterocycles. The zero-order chi connectivity index (χ0) is 22.4. The van der Waals surface area contributed by atoms with Crippen molar-refractivity contribution >= 4 is 23.3 Å². The van der Waals surface area contributed by atoms with E-state index in [1.807, 2.05) is 17.9 Å². The molecule has 166 valence electrons. The lowest BCUT2D eigenvalue weighted by atomic mass is 9.85. The number of halogens is 2. The Morgan fingerprint density at radius 3 is 2.58 bits per heavy atom. The summed E-state index contributed by atoms with van der Waals surface area (Å²) in [5.74, 6) is -2.94. The smallest absolute Gasteiger partial charge is 0.265 e. The second-order valence-corrected chi connectivity index (χ2v) is 8.60. The van der Waals surface area contributed by atoms with Crippen molar-refractivity contribution in [1.29, 1.82) is 5.41 Å². The van der Waals surface area contributed by atoms with Crippen LogP contribution < -0.4 is 10.2 Å². The predicted molar refractivity (Wildman–Crippen MR) is 112 cm³/mol. The number of nitrogens with zero attached hydrogens (tertiary/aromatic N) is 3. The van der Waals surface area contributed by atoms with Crippen molar-refractivity contribution in [3.8, 4) is 0 Å². The maximum Gasteiger partial charge on any atom is 0.265 e. The Bertz CT molecular complexity index is 945. The van der Waals surface area contributed by atoms with Crippen LogP contribution >= 0.6 is 0 Å². The molecule has 2 amide bonds. The Kier molecular flexibility index (Phi) is 5.31. The van der Waals surface area contributed by atoms with Gasteiger partial charge >= 0.3 is 0 Å². The van der Waals surface area contributed by atoms with E-state index < -0.39 is 23.2 Å². The SMILES string of the molecule is CCNC(=O)C(=N)C1CN(Cc2cnc(N3CCC(F)(F)CC3)c(C)c2)C(=O)C12C=C2. The topological polar surface area (TPSA) is 89.4 Å². The summed E-state index contributed by atoms with van der Waals surface area (Å²) in [6.07, 6.45) is 4.87. The van der Waals surface area contributed by atoms with Gasteiger partial charge in [0, 0.05) is 57.7 Å². The Hall–Kier alpha value is -2.84. The van der Waals surface area contributed by atoms with Crippen molar-refractivity contribution < 1.29 is 18.4 Å². The molecule has 1 aliphatic carbocycles. The summed E-state index contributed by atoms with van der Waals surface area (Å²) in [5, 5.41) is 10.9. The van der Waals surface area contributed by atoms with Crippen molar-refractivity contribution in [1.82, 2.24) is 15.2 Å². The van der Waals surface area contributed by atoms with E-state index in [4.69, 9.17) is 5.41 Å². The van der Waals surface area contributed by atoms with Gasteiger partial charge in [0.2, 0.25) is 5.91 Å². The van der Waals surface area contributed by atoms with Crippen LogP contribution in [0.3, 0.4) is 0 Å². The van der Waals surface area contributed by atoms with Gasteiger partial charge in [-0.3, -0.25) is 15.0 Å². The molecule has 0 saturated carbocycles. The van der Waals surface area contributed by atoms with Gasteiger partial charge in [0.25, 0.3) is 11.8 Å². The van der Waals surface area contributed by atoms with Gasteiger partial charge in [-0.1, -0.05) is 12.2 Å². The summed E-state index contributed by atoms with van der Waals surface area (Å²) in [7, 11) is 0. The van der Waals surface area contributed by atoms with Crippen LogP contribution in [0.1, 0.15) is 30.9 Å². The van der Waals surface area contributed by atoms with Crippen molar-refractivity contribution in [3.05, 3.63) is 35.5 Å². The number of pyridine rings is 1. The molecule has 0 aromatic carbocycles. The molecule has 3 heterocycles. The number of aromatic nitrogens is 1. The minimum absolute atomic E-state index is 0.0748. The van der Waals surface area contributed by atoms with Gasteiger partial charge in [-0.15, -0.1) is 0 Å². The molecule has 2 N–H and O–H groups in total. The molecule has 1 atom stereocenters. The minimum Gasteiger partial charge on any atom is -0.356 e. The molecule has 9 heteroatoms. The van der Waals surface area contributed by atoms with Gasteiger partial charge in [0.1, 0.15) is 11.5 Å². The zero-order valence-electron chi connectivity index (χ0n) is 17.8. The Labute approximate surface area is 180 Å². The van der Waals surface area contributed by atoms with Gasteiger partial charge in [-0.25, -0.2) is 13.8 Å². The fraction of sp³-hybridized carbons (Fsp3) is 0.545. The quantitative estimate of drug-likeness (QED) is 0.534. The molecule has 1 unspecified atom stereocenters. The van der Waals surface area contributed by atoms with Gasteiger partial charge in [-0.05, 0) is 31.0 Å². The highest BCUT2D eigenvalue weighted by Gasteiger charge is 2.59. The summed E-state index contributed by atoms with van der Waals surface area (Å²) in [6, 6.07) is 1.93. The molecule has 7 nitrogen and oxygen atoms in total. The molecular formula is C22H27F2N5O2. The summed E-state index contributed by atoms with van der Waals surface area (Å²) < 4.78 is 26.9. The zero-order valence-corrected chi connectivity index (χ0v) is 17.8. The van der Waals surface area contributed by atoms with Crippen LogP contribution in [0.25, 0.3) is 0 Å². The van der Waals surface area contributed by atoms with Gasteiger partial charge < -0.3 is 15.1 Å². The Morgan fingerprint density at radius 2 is 2.00 bits per heavy atom. The van der Waals surface area contributed by atoms with E-state index in [1.54, 1.807) is 30.2 Å². The van der Waals surface area contributed by atoms with Crippen LogP contribution in [-0.4, -0.2) is 59.5 Å². The maximum atomic E-state index is 13.4. The number of alkyl halides is 2. The number of carbonyl (C=O) groups is 2. The highest BCUT2D eigenvalue weighted by atomic mass is 19.3. The average Bonchev–Trinajstić information content (AvgIpc) is 3.47. The number of nitrogens with one attached hydrogen (secondary N) is 2. The van der Waals surface area contributed by atoms with E-state index in [0.29, 0.717) is 25.5 Å². The Balaban J connectivity index is 1.45. The standard InChI is InChI=1S/C22H27F2N5O2/c1-3-26-19(30)17(25)16-13-29(20(31)21(16)4-5-21)12-15-10-14(2)18(27-11-15)28-8-6-22(23,24)7-9-28/h4-5,10-11,16,25H,3,6-9,12-13H2,1-2H3,(H,26,30). The number of likely N-dealkylation sites (tertiary alicyclic amines) is 1. The predicted octanol–water partition coefficient (Wildman–Crippen LogP) is 2.30. The van der Waals surface area contributed by atoms with E-state index in [1.165, 1.54) is 0 Å². The molecule has 2 aliphatic heterocycles. The first-order chi connectivity index (χ1) is 14.7. The van der Waals surface area contributed by atoms with Crippen LogP contribution in [0.2, 0.25) is 0 Å². The molecule has 2 fully saturated rings. The lowest BCUT2D eigenvalue weighted by molar-refractivity contribution is -0.131. The van der Waals surface area contributed by atoms with E-state index in [9.17, 15) is 18.4 Å². The first-order valence-corrected chi connectivity index (χ1v) is 10.6. The third-order valence-electron chi connectivity index (χ3n) is 6.37. The number of hydrogen-bond donors (Lipinski definition) is 2. The van der Waals surface area contributed by atoms with E-state index in [0.717, 1.165) is 11.1 Å². The molecule has 0 radical (unpaired) electrons. The van der Waals surface area contributed by atoms with Crippen LogP contribution in [0.5, 0.6) is 0 Å².